The minimum atomic E-state index is -3.07. The molecule has 79 heavy (non-hydrogen) atoms. The first kappa shape index (κ1) is 115. The number of esters is 1. The van der Waals surface area contributed by atoms with Gasteiger partial charge in [0.1, 0.15) is 5.78 Å². The smallest absolute Gasteiger partial charge is 0.331 e. The van der Waals surface area contributed by atoms with Gasteiger partial charge in [0, 0.05) is 0 Å². The maximum atomic E-state index is 13.1. The van der Waals surface area contributed by atoms with E-state index in [0.29, 0.717) is 0 Å². The second kappa shape index (κ2) is 50.0. The molecule has 0 aliphatic rings. The third-order valence-corrected chi connectivity index (χ3v) is 46.2. The molecule has 0 amide bonds. The molecule has 0 saturated heterocycles. The van der Waals surface area contributed by atoms with Crippen LogP contribution < -0.4 is 0 Å². The molecule has 2 atom stereocenters. The lowest BCUT2D eigenvalue weighted by Crippen LogP contribution is -2.62. The van der Waals surface area contributed by atoms with Crippen LogP contribution in [0, 0.1) is 0 Å². The van der Waals surface area contributed by atoms with Crippen LogP contribution in [0.2, 0.25) is 155 Å². The highest BCUT2D eigenvalue weighted by Crippen LogP contribution is 2.39. The van der Waals surface area contributed by atoms with E-state index < -0.39 is 90.2 Å². The van der Waals surface area contributed by atoms with Crippen LogP contribution in [0.5, 0.6) is 0 Å². The third-order valence-electron chi connectivity index (χ3n) is 10.4. The van der Waals surface area contributed by atoms with Crippen molar-refractivity contribution in [3.05, 3.63) is 0 Å². The molecule has 0 aliphatic carbocycles. The van der Waals surface area contributed by atoms with Gasteiger partial charge in [0.2, 0.25) is 0 Å². The van der Waals surface area contributed by atoms with Gasteiger partial charge in [-0.1, -0.05) is 193 Å². The van der Waals surface area contributed by atoms with E-state index >= 15 is 0 Å². The average Bonchev–Trinajstić information content (AvgIpc) is 3.04. The van der Waals surface area contributed by atoms with Crippen LogP contribution in [0.3, 0.4) is 0 Å². The number of ketones is 1. The van der Waals surface area contributed by atoms with Crippen LogP contribution >= 0.6 is 0 Å². The van der Waals surface area contributed by atoms with E-state index in [4.69, 9.17) is 37.7 Å². The fourth-order valence-corrected chi connectivity index (χ4v) is 57.0. The van der Waals surface area contributed by atoms with E-state index in [1.54, 1.807) is 6.92 Å². The zero-order valence-corrected chi connectivity index (χ0v) is 59.0. The number of rotatable bonds is 36. The Morgan fingerprint density at radius 1 is 0.304 bits per heavy atom. The van der Waals surface area contributed by atoms with Gasteiger partial charge in [-0.25, -0.2) is 0 Å². The number of carbonyl (C=O) groups is 2. The largest absolute Gasteiger partial charge is 0.469 e. The lowest BCUT2D eigenvalue weighted by atomic mass is 10.1. The van der Waals surface area contributed by atoms with Crippen molar-refractivity contribution in [3.8, 4) is 0 Å². The van der Waals surface area contributed by atoms with Gasteiger partial charge in [-0.05, 0) is 164 Å². The number of hydrogen-bond acceptors (Lipinski definition) is 11. The highest BCUT2D eigenvalue weighted by molar-refractivity contribution is 6.93. The number of methoxy groups -OCH3 is 1. The Morgan fingerprint density at radius 3 is 0.684 bits per heavy atom. The molecule has 0 aromatic carbocycles. The van der Waals surface area contributed by atoms with Crippen LogP contribution in [0.1, 0.15) is 213 Å². The lowest BCUT2D eigenvalue weighted by molar-refractivity contribution is -0.141. The molecular formula is C58H160O11Si10. The predicted molar refractivity (Wildman–Crippen MR) is 391 cm³/mol. The topological polar surface area (TPSA) is 117 Å². The van der Waals surface area contributed by atoms with Crippen molar-refractivity contribution < 1.29 is 47.2 Å². The van der Waals surface area contributed by atoms with Crippen LogP contribution in [0.15, 0.2) is 0 Å². The molecule has 0 N–H and O–H groups in total. The Morgan fingerprint density at radius 2 is 0.494 bits per heavy atom. The molecule has 0 heterocycles. The monoisotopic (exact) mass is 1310 g/mol. The summed E-state index contributed by atoms with van der Waals surface area (Å²) < 4.78 is 59.0. The second-order valence-electron chi connectivity index (χ2n) is 25.0. The molecule has 11 nitrogen and oxygen atoms in total. The summed E-state index contributed by atoms with van der Waals surface area (Å²) >= 11 is 0. The molecular weight excluding hydrogens is 1150 g/mol. The molecule has 21 heteroatoms. The van der Waals surface area contributed by atoms with Gasteiger partial charge in [-0.3, -0.25) is 9.59 Å². The van der Waals surface area contributed by atoms with Crippen LogP contribution in [-0.4, -0.2) is 103 Å². The second-order valence-corrected chi connectivity index (χ2v) is 65.0. The van der Waals surface area contributed by atoms with E-state index in [2.05, 4.69) is 151 Å². The van der Waals surface area contributed by atoms with Gasteiger partial charge in [-0.15, -0.1) is 0 Å². The summed E-state index contributed by atoms with van der Waals surface area (Å²) in [6.07, 6.45) is 18.6. The quantitative estimate of drug-likeness (QED) is 0.0339. The van der Waals surface area contributed by atoms with Gasteiger partial charge in [-0.2, -0.15) is 0 Å². The summed E-state index contributed by atoms with van der Waals surface area (Å²) in [5, 5.41) is 0. The van der Waals surface area contributed by atoms with Gasteiger partial charge >= 0.3 is 57.3 Å². The summed E-state index contributed by atoms with van der Waals surface area (Å²) in [4.78, 5) is 26.1. The molecule has 0 rings (SSSR count). The zero-order valence-electron chi connectivity index (χ0n) is 49.0. The van der Waals surface area contributed by atoms with Crippen molar-refractivity contribution >= 4 is 96.4 Å². The normalized spacial score (nSPS) is 12.7. The van der Waals surface area contributed by atoms with Crippen molar-refractivity contribution in [2.75, 3.05) is 7.11 Å². The Labute approximate surface area is 515 Å². The lowest BCUT2D eigenvalue weighted by Gasteiger charge is -2.45. The third kappa shape index (κ3) is 59.1. The van der Waals surface area contributed by atoms with E-state index in [9.17, 15) is 9.59 Å². The molecule has 0 bridgehead atoms. The first-order valence-corrected chi connectivity index (χ1v) is 55.9. The minimum absolute atomic E-state index is 0. The standard InChI is InChI=1S/C23H56O6Si5.C23H56O5Si5.12CH4/c1-14-15-16-17-18-19-20-21-22(23(24)25-2)34(13,28-32(9,10)26-30(3,4)5)29-33(11,12)27-31(6,7)8;1-14-15-16-17-18-19-20-21-23(22(2)24)33(13,27-31(9,10)25-29(3,4)5)28-32(11,12)26-30(6,7)8;;;;;;;;;;;;/h22H,14-21H2,1-13H3;23H,14-21H2,1-13H3;12*1H4. The van der Waals surface area contributed by atoms with E-state index in [-0.39, 0.29) is 106 Å². The van der Waals surface area contributed by atoms with Gasteiger partial charge in [0.05, 0.1) is 18.2 Å². The molecule has 0 saturated carbocycles. The number of ether oxygens (including phenoxy) is 1. The molecule has 2 unspecified atom stereocenters. The zero-order chi connectivity index (χ0) is 53.0. The fourth-order valence-electron chi connectivity index (χ4n) is 9.49. The molecule has 0 fully saturated rings. The highest BCUT2D eigenvalue weighted by atomic mass is 28.5. The molecule has 0 aromatic heterocycles. The first-order chi connectivity index (χ1) is 30.0. The van der Waals surface area contributed by atoms with E-state index in [1.165, 1.54) is 71.3 Å². The molecule has 0 radical (unpaired) electrons. The van der Waals surface area contributed by atoms with Crippen molar-refractivity contribution in [1.29, 1.82) is 0 Å². The van der Waals surface area contributed by atoms with E-state index in [1.807, 2.05) is 6.55 Å². The first-order valence-electron chi connectivity index (χ1n) is 26.2. The van der Waals surface area contributed by atoms with E-state index in [0.717, 1.165) is 38.5 Å². The summed E-state index contributed by atoms with van der Waals surface area (Å²) in [6, 6.07) is 0. The number of unbranched alkanes of at least 4 members (excludes halogenated alkanes) is 12. The predicted octanol–water partition coefficient (Wildman–Crippen LogP) is 23.8. The summed E-state index contributed by atoms with van der Waals surface area (Å²) in [5.41, 5.74) is -0.593. The number of carbonyl (C=O) groups excluding carboxylic acids is 2. The fraction of sp³-hybridized carbons (Fsp3) is 0.966. The maximum absolute atomic E-state index is 13.1. The maximum Gasteiger partial charge on any atom is 0.331 e. The van der Waals surface area contributed by atoms with Crippen molar-refractivity contribution in [3.63, 3.8) is 0 Å². The SMILES string of the molecule is C.C.C.C.C.C.C.C.C.C.C.C.CCCCCCCCCC(C(=O)OC)[Si](C)(O[Si](C)(C)O[Si](C)(C)C)O[Si](C)(C)O[Si](C)(C)C.CCCCCCCCCC(C(C)=O)[Si](C)(O[Si](C)(C)O[Si](C)(C)C)O[Si](C)(C)O[Si](C)(C)C. The minimum Gasteiger partial charge on any atom is -0.469 e. The Kier molecular flexibility index (Phi) is 72.6. The molecule has 498 valence electrons. The van der Waals surface area contributed by atoms with Crippen LogP contribution in [0.25, 0.3) is 0 Å². The van der Waals surface area contributed by atoms with Crippen LogP contribution in [0.4, 0.5) is 0 Å². The molecule has 0 spiro atoms. The average molecular weight is 1310 g/mol. The van der Waals surface area contributed by atoms with Gasteiger partial charge in [0.25, 0.3) is 0 Å². The summed E-state index contributed by atoms with van der Waals surface area (Å²) in [6.45, 7) is 53.3. The number of hydrogen-bond donors (Lipinski definition) is 0. The van der Waals surface area contributed by atoms with Gasteiger partial charge < -0.3 is 37.7 Å². The van der Waals surface area contributed by atoms with Crippen molar-refractivity contribution in [2.24, 2.45) is 0 Å². The van der Waals surface area contributed by atoms with Gasteiger partial charge in [0.15, 0.2) is 33.3 Å². The Hall–Kier alpha value is 0.989. The Balaban J connectivity index is -0.0000000774. The van der Waals surface area contributed by atoms with Crippen LogP contribution in [-0.2, 0) is 47.2 Å². The number of Topliss-reactive ketones (excluding diaryl/α,β-unsaturated/α-hetero) is 1. The van der Waals surface area contributed by atoms with Crippen molar-refractivity contribution in [1.82, 2.24) is 0 Å². The molecule has 0 aliphatic heterocycles. The summed E-state index contributed by atoms with van der Waals surface area (Å²) in [7, 11) is -21.9. The molecule has 0 aromatic rings. The van der Waals surface area contributed by atoms with Crippen molar-refractivity contribution in [2.45, 2.75) is 368 Å². The Bertz CT molecular complexity index is 1340. The summed E-state index contributed by atoms with van der Waals surface area (Å²) in [5.74, 6) is -0.0403. The highest BCUT2D eigenvalue weighted by Gasteiger charge is 2.55.